The van der Waals surface area contributed by atoms with E-state index in [9.17, 15) is 0 Å². The highest BCUT2D eigenvalue weighted by Crippen LogP contribution is 2.32. The first kappa shape index (κ1) is 13.4. The maximum absolute atomic E-state index is 3.69. The summed E-state index contributed by atoms with van der Waals surface area (Å²) in [4.78, 5) is 0. The van der Waals surface area contributed by atoms with Crippen molar-refractivity contribution in [2.45, 2.75) is 38.6 Å². The molecule has 1 heterocycles. The van der Waals surface area contributed by atoms with Crippen LogP contribution in [0, 0.1) is 13.8 Å². The Bertz CT molecular complexity index is 536. The summed E-state index contributed by atoms with van der Waals surface area (Å²) in [6.45, 7) is 5.51. The summed E-state index contributed by atoms with van der Waals surface area (Å²) >= 11 is 0. The molecule has 1 nitrogen and oxygen atoms in total. The molecule has 0 amide bonds. The van der Waals surface area contributed by atoms with Crippen LogP contribution in [-0.2, 0) is 0 Å². The van der Waals surface area contributed by atoms with Gasteiger partial charge in [0.2, 0.25) is 0 Å². The molecule has 0 aromatic heterocycles. The minimum atomic E-state index is 0.470. The van der Waals surface area contributed by atoms with Gasteiger partial charge in [0.05, 0.1) is 0 Å². The largest absolute Gasteiger partial charge is 0.313 e. The van der Waals surface area contributed by atoms with E-state index in [0.29, 0.717) is 12.0 Å². The topological polar surface area (TPSA) is 12.0 Å². The molecule has 0 radical (unpaired) electrons. The quantitative estimate of drug-likeness (QED) is 0.877. The molecule has 20 heavy (non-hydrogen) atoms. The van der Waals surface area contributed by atoms with Crippen LogP contribution in [0.1, 0.15) is 41.0 Å². The molecule has 3 rings (SSSR count). The van der Waals surface area contributed by atoms with E-state index in [0.717, 1.165) is 6.54 Å². The maximum atomic E-state index is 3.69. The van der Waals surface area contributed by atoms with Gasteiger partial charge in [-0.25, -0.2) is 0 Å². The normalized spacial score (nSPS) is 18.6. The SMILES string of the molecule is Cc1cccc(C(c2cccc(C)c2)[C@H]2CCCN2)c1. The molecule has 0 saturated carbocycles. The molecule has 2 aromatic carbocycles. The van der Waals surface area contributed by atoms with Gasteiger partial charge in [0.15, 0.2) is 0 Å². The van der Waals surface area contributed by atoms with Gasteiger partial charge in [-0.1, -0.05) is 59.7 Å². The Kier molecular flexibility index (Phi) is 3.88. The molecule has 0 bridgehead atoms. The summed E-state index contributed by atoms with van der Waals surface area (Å²) in [6, 6.07) is 18.5. The van der Waals surface area contributed by atoms with Crippen LogP contribution >= 0.6 is 0 Å². The second-order valence-electron chi connectivity index (χ2n) is 6.01. The van der Waals surface area contributed by atoms with Crippen LogP contribution in [0.3, 0.4) is 0 Å². The van der Waals surface area contributed by atoms with Crippen molar-refractivity contribution in [1.82, 2.24) is 5.32 Å². The zero-order valence-corrected chi connectivity index (χ0v) is 12.4. The predicted molar refractivity (Wildman–Crippen MR) is 85.2 cm³/mol. The average molecular weight is 265 g/mol. The number of benzene rings is 2. The van der Waals surface area contributed by atoms with Crippen molar-refractivity contribution in [2.75, 3.05) is 6.54 Å². The van der Waals surface area contributed by atoms with Gasteiger partial charge in [0.25, 0.3) is 0 Å². The highest BCUT2D eigenvalue weighted by Gasteiger charge is 2.27. The van der Waals surface area contributed by atoms with Gasteiger partial charge in [-0.2, -0.15) is 0 Å². The Labute approximate surface area is 122 Å². The fourth-order valence-electron chi connectivity index (χ4n) is 3.38. The molecular weight excluding hydrogens is 242 g/mol. The minimum absolute atomic E-state index is 0.470. The second-order valence-corrected chi connectivity index (χ2v) is 6.01. The Morgan fingerprint density at radius 3 is 2.00 bits per heavy atom. The molecule has 1 heteroatoms. The first-order chi connectivity index (χ1) is 9.74. The number of nitrogens with one attached hydrogen (secondary N) is 1. The summed E-state index contributed by atoms with van der Waals surface area (Å²) < 4.78 is 0. The van der Waals surface area contributed by atoms with Gasteiger partial charge in [-0.15, -0.1) is 0 Å². The third-order valence-electron chi connectivity index (χ3n) is 4.30. The Morgan fingerprint density at radius 1 is 0.950 bits per heavy atom. The number of aryl methyl sites for hydroxylation is 2. The van der Waals surface area contributed by atoms with Crippen molar-refractivity contribution >= 4 is 0 Å². The zero-order valence-electron chi connectivity index (χ0n) is 12.4. The summed E-state index contributed by atoms with van der Waals surface area (Å²) in [5.41, 5.74) is 5.57. The third kappa shape index (κ3) is 2.78. The monoisotopic (exact) mass is 265 g/mol. The Morgan fingerprint density at radius 2 is 1.55 bits per heavy atom. The molecule has 104 valence electrons. The summed E-state index contributed by atoms with van der Waals surface area (Å²) in [5, 5.41) is 3.69. The maximum Gasteiger partial charge on any atom is 0.0243 e. The molecule has 0 aliphatic carbocycles. The molecule has 1 fully saturated rings. The lowest BCUT2D eigenvalue weighted by Crippen LogP contribution is -2.29. The first-order valence-corrected chi connectivity index (χ1v) is 7.60. The molecule has 2 aromatic rings. The summed E-state index contributed by atoms with van der Waals surface area (Å²) in [7, 11) is 0. The molecule has 0 unspecified atom stereocenters. The summed E-state index contributed by atoms with van der Waals surface area (Å²) in [5.74, 6) is 0.470. The summed E-state index contributed by atoms with van der Waals surface area (Å²) in [6.07, 6.45) is 2.56. The Hall–Kier alpha value is -1.60. The fourth-order valence-corrected chi connectivity index (χ4v) is 3.38. The zero-order chi connectivity index (χ0) is 13.9. The van der Waals surface area contributed by atoms with E-state index in [1.807, 2.05) is 0 Å². The highest BCUT2D eigenvalue weighted by molar-refractivity contribution is 5.38. The molecular formula is C19H23N. The molecule has 1 aliphatic rings. The van der Waals surface area contributed by atoms with Gasteiger partial charge >= 0.3 is 0 Å². The van der Waals surface area contributed by atoms with E-state index >= 15 is 0 Å². The van der Waals surface area contributed by atoms with Crippen LogP contribution < -0.4 is 5.32 Å². The Balaban J connectivity index is 2.03. The van der Waals surface area contributed by atoms with Crippen molar-refractivity contribution in [3.8, 4) is 0 Å². The van der Waals surface area contributed by atoms with Crippen LogP contribution in [-0.4, -0.2) is 12.6 Å². The molecule has 1 atom stereocenters. The highest BCUT2D eigenvalue weighted by atomic mass is 14.9. The van der Waals surface area contributed by atoms with E-state index < -0.39 is 0 Å². The lowest BCUT2D eigenvalue weighted by Gasteiger charge is -2.25. The van der Waals surface area contributed by atoms with E-state index in [4.69, 9.17) is 0 Å². The van der Waals surface area contributed by atoms with Crippen molar-refractivity contribution in [3.63, 3.8) is 0 Å². The third-order valence-corrected chi connectivity index (χ3v) is 4.30. The van der Waals surface area contributed by atoms with E-state index in [1.54, 1.807) is 0 Å². The van der Waals surface area contributed by atoms with Crippen LogP contribution in [0.15, 0.2) is 48.5 Å². The van der Waals surface area contributed by atoms with Crippen molar-refractivity contribution in [2.24, 2.45) is 0 Å². The first-order valence-electron chi connectivity index (χ1n) is 7.60. The fraction of sp³-hybridized carbons (Fsp3) is 0.368. The standard InChI is InChI=1S/C19H23N/c1-14-6-3-8-16(12-14)19(18-10-5-11-20-18)17-9-4-7-15(2)13-17/h3-4,6-9,12-13,18-20H,5,10-11H2,1-2H3/t18-/m1/s1. The molecule has 1 aliphatic heterocycles. The van der Waals surface area contributed by atoms with E-state index in [-0.39, 0.29) is 0 Å². The minimum Gasteiger partial charge on any atom is -0.313 e. The second kappa shape index (κ2) is 5.80. The van der Waals surface area contributed by atoms with E-state index in [2.05, 4.69) is 67.7 Å². The van der Waals surface area contributed by atoms with Gasteiger partial charge in [0.1, 0.15) is 0 Å². The number of hydrogen-bond donors (Lipinski definition) is 1. The average Bonchev–Trinajstić information content (AvgIpc) is 2.93. The van der Waals surface area contributed by atoms with Gasteiger partial charge in [-0.05, 0) is 44.4 Å². The van der Waals surface area contributed by atoms with Gasteiger partial charge in [0, 0.05) is 12.0 Å². The van der Waals surface area contributed by atoms with Crippen LogP contribution in [0.2, 0.25) is 0 Å². The van der Waals surface area contributed by atoms with Gasteiger partial charge in [-0.3, -0.25) is 0 Å². The van der Waals surface area contributed by atoms with E-state index in [1.165, 1.54) is 35.1 Å². The van der Waals surface area contributed by atoms with Crippen molar-refractivity contribution in [3.05, 3.63) is 70.8 Å². The van der Waals surface area contributed by atoms with Gasteiger partial charge < -0.3 is 5.32 Å². The van der Waals surface area contributed by atoms with Crippen LogP contribution in [0.4, 0.5) is 0 Å². The molecule has 1 saturated heterocycles. The number of hydrogen-bond acceptors (Lipinski definition) is 1. The van der Waals surface area contributed by atoms with Crippen LogP contribution in [0.25, 0.3) is 0 Å². The lowest BCUT2D eigenvalue weighted by molar-refractivity contribution is 0.540. The predicted octanol–water partition coefficient (Wildman–Crippen LogP) is 4.19. The smallest absolute Gasteiger partial charge is 0.0243 e. The lowest BCUT2D eigenvalue weighted by atomic mass is 9.83. The molecule has 1 N–H and O–H groups in total. The van der Waals surface area contributed by atoms with Crippen LogP contribution in [0.5, 0.6) is 0 Å². The molecule has 0 spiro atoms. The number of rotatable bonds is 3. The van der Waals surface area contributed by atoms with Crippen molar-refractivity contribution < 1.29 is 0 Å². The van der Waals surface area contributed by atoms with Crippen molar-refractivity contribution in [1.29, 1.82) is 0 Å².